The van der Waals surface area contributed by atoms with E-state index in [1.807, 2.05) is 4.90 Å². The highest BCUT2D eigenvalue weighted by atomic mass is 19.1. The van der Waals surface area contributed by atoms with Crippen LogP contribution in [0.1, 0.15) is 12.8 Å². The molecular formula is C11H14FN3. The minimum atomic E-state index is -0.256. The molecule has 0 unspecified atom stereocenters. The Morgan fingerprint density at radius 3 is 2.40 bits per heavy atom. The van der Waals surface area contributed by atoms with E-state index in [9.17, 15) is 4.39 Å². The van der Waals surface area contributed by atoms with Crippen molar-refractivity contribution in [2.75, 3.05) is 13.1 Å². The Morgan fingerprint density at radius 1 is 1.20 bits per heavy atom. The van der Waals surface area contributed by atoms with Crippen LogP contribution in [0, 0.1) is 5.82 Å². The summed E-state index contributed by atoms with van der Waals surface area (Å²) in [6.45, 7) is 1.94. The molecule has 15 heavy (non-hydrogen) atoms. The van der Waals surface area contributed by atoms with Crippen LogP contribution in [0.25, 0.3) is 0 Å². The average Bonchev–Trinajstić information content (AvgIpc) is 2.74. The summed E-state index contributed by atoms with van der Waals surface area (Å²) in [4.78, 5) is 6.28. The van der Waals surface area contributed by atoms with Gasteiger partial charge in [-0.15, -0.1) is 0 Å². The molecule has 0 amide bonds. The number of benzene rings is 1. The SMILES string of the molecule is NC(=Nc1ccc(F)cc1)N1CCCC1. The third kappa shape index (κ3) is 2.46. The van der Waals surface area contributed by atoms with Crippen LogP contribution in [-0.2, 0) is 0 Å². The Labute approximate surface area is 88.4 Å². The van der Waals surface area contributed by atoms with Gasteiger partial charge in [-0.3, -0.25) is 0 Å². The molecule has 0 spiro atoms. The fourth-order valence-electron chi connectivity index (χ4n) is 1.66. The number of aliphatic imine (C=N–C) groups is 1. The van der Waals surface area contributed by atoms with E-state index in [2.05, 4.69) is 4.99 Å². The van der Waals surface area contributed by atoms with Gasteiger partial charge in [0.05, 0.1) is 5.69 Å². The molecule has 1 aliphatic rings. The van der Waals surface area contributed by atoms with Crippen molar-refractivity contribution in [3.63, 3.8) is 0 Å². The normalized spacial score (nSPS) is 17.1. The maximum absolute atomic E-state index is 12.6. The number of hydrogen-bond acceptors (Lipinski definition) is 1. The molecule has 1 fully saturated rings. The van der Waals surface area contributed by atoms with Crippen LogP contribution < -0.4 is 5.73 Å². The third-order valence-electron chi connectivity index (χ3n) is 2.50. The molecule has 1 saturated heterocycles. The Morgan fingerprint density at radius 2 is 1.80 bits per heavy atom. The zero-order chi connectivity index (χ0) is 10.7. The smallest absolute Gasteiger partial charge is 0.196 e. The summed E-state index contributed by atoms with van der Waals surface area (Å²) in [6, 6.07) is 6.02. The van der Waals surface area contributed by atoms with Gasteiger partial charge in [-0.05, 0) is 37.1 Å². The number of guanidine groups is 1. The number of halogens is 1. The van der Waals surface area contributed by atoms with E-state index < -0.39 is 0 Å². The molecule has 1 heterocycles. The van der Waals surface area contributed by atoms with Gasteiger partial charge in [0.25, 0.3) is 0 Å². The number of nitrogens with two attached hydrogens (primary N) is 1. The molecule has 1 aliphatic heterocycles. The highest BCUT2D eigenvalue weighted by Crippen LogP contribution is 2.14. The predicted molar refractivity (Wildman–Crippen MR) is 58.5 cm³/mol. The summed E-state index contributed by atoms with van der Waals surface area (Å²) in [7, 11) is 0. The largest absolute Gasteiger partial charge is 0.369 e. The molecule has 0 atom stereocenters. The van der Waals surface area contributed by atoms with Crippen molar-refractivity contribution in [2.24, 2.45) is 10.7 Å². The van der Waals surface area contributed by atoms with Crippen LogP contribution in [0.4, 0.5) is 10.1 Å². The van der Waals surface area contributed by atoms with Gasteiger partial charge in [-0.25, -0.2) is 9.38 Å². The van der Waals surface area contributed by atoms with Gasteiger partial charge in [0, 0.05) is 13.1 Å². The van der Waals surface area contributed by atoms with E-state index in [0.717, 1.165) is 13.1 Å². The van der Waals surface area contributed by atoms with Gasteiger partial charge < -0.3 is 10.6 Å². The zero-order valence-corrected chi connectivity index (χ0v) is 8.49. The molecule has 1 aromatic carbocycles. The van der Waals surface area contributed by atoms with Gasteiger partial charge in [0.15, 0.2) is 5.96 Å². The summed E-state index contributed by atoms with van der Waals surface area (Å²) < 4.78 is 12.6. The minimum absolute atomic E-state index is 0.256. The van der Waals surface area contributed by atoms with Crippen LogP contribution >= 0.6 is 0 Å². The van der Waals surface area contributed by atoms with Crippen LogP contribution in [0.2, 0.25) is 0 Å². The molecule has 0 saturated carbocycles. The van der Waals surface area contributed by atoms with E-state index in [1.54, 1.807) is 12.1 Å². The zero-order valence-electron chi connectivity index (χ0n) is 8.49. The Hall–Kier alpha value is -1.58. The lowest BCUT2D eigenvalue weighted by atomic mass is 10.3. The van der Waals surface area contributed by atoms with E-state index in [0.29, 0.717) is 11.6 Å². The maximum Gasteiger partial charge on any atom is 0.196 e. The highest BCUT2D eigenvalue weighted by Gasteiger charge is 2.13. The molecule has 80 valence electrons. The van der Waals surface area contributed by atoms with Crippen molar-refractivity contribution in [3.8, 4) is 0 Å². The van der Waals surface area contributed by atoms with Crippen LogP contribution in [-0.4, -0.2) is 23.9 Å². The van der Waals surface area contributed by atoms with Gasteiger partial charge in [-0.1, -0.05) is 0 Å². The van der Waals surface area contributed by atoms with Crippen molar-refractivity contribution in [2.45, 2.75) is 12.8 Å². The standard InChI is InChI=1S/C11H14FN3/c12-9-3-5-10(6-4-9)14-11(13)15-7-1-2-8-15/h3-6H,1-2,7-8H2,(H2,13,14). The lowest BCUT2D eigenvalue weighted by Crippen LogP contribution is -2.34. The second-order valence-corrected chi connectivity index (χ2v) is 3.64. The molecule has 2 N–H and O–H groups in total. The lowest BCUT2D eigenvalue weighted by molar-refractivity contribution is 0.513. The van der Waals surface area contributed by atoms with Crippen molar-refractivity contribution >= 4 is 11.6 Å². The minimum Gasteiger partial charge on any atom is -0.369 e. The van der Waals surface area contributed by atoms with Crippen LogP contribution in [0.5, 0.6) is 0 Å². The van der Waals surface area contributed by atoms with Crippen molar-refractivity contribution < 1.29 is 4.39 Å². The summed E-state index contributed by atoms with van der Waals surface area (Å²) in [5.41, 5.74) is 6.53. The maximum atomic E-state index is 12.6. The summed E-state index contributed by atoms with van der Waals surface area (Å²) in [5, 5.41) is 0. The molecule has 4 heteroatoms. The van der Waals surface area contributed by atoms with Crippen molar-refractivity contribution in [1.82, 2.24) is 4.90 Å². The van der Waals surface area contributed by atoms with Gasteiger partial charge in [0.2, 0.25) is 0 Å². The van der Waals surface area contributed by atoms with Crippen LogP contribution in [0.15, 0.2) is 29.3 Å². The monoisotopic (exact) mass is 207 g/mol. The average molecular weight is 207 g/mol. The Balaban J connectivity index is 2.11. The first-order chi connectivity index (χ1) is 7.25. The molecule has 2 rings (SSSR count). The number of nitrogens with zero attached hydrogens (tertiary/aromatic N) is 2. The molecule has 1 aromatic rings. The number of hydrogen-bond donors (Lipinski definition) is 1. The number of likely N-dealkylation sites (tertiary alicyclic amines) is 1. The molecule has 3 nitrogen and oxygen atoms in total. The Bertz CT molecular complexity index is 353. The second kappa shape index (κ2) is 4.29. The van der Waals surface area contributed by atoms with Gasteiger partial charge in [0.1, 0.15) is 5.82 Å². The topological polar surface area (TPSA) is 41.6 Å². The fourth-order valence-corrected chi connectivity index (χ4v) is 1.66. The van der Waals surface area contributed by atoms with E-state index in [1.165, 1.54) is 25.0 Å². The first-order valence-electron chi connectivity index (χ1n) is 5.10. The first-order valence-corrected chi connectivity index (χ1v) is 5.10. The highest BCUT2D eigenvalue weighted by molar-refractivity contribution is 5.81. The van der Waals surface area contributed by atoms with Crippen molar-refractivity contribution in [3.05, 3.63) is 30.1 Å². The summed E-state index contributed by atoms with van der Waals surface area (Å²) >= 11 is 0. The number of rotatable bonds is 1. The first kappa shape index (κ1) is 9.96. The van der Waals surface area contributed by atoms with E-state index in [4.69, 9.17) is 5.73 Å². The second-order valence-electron chi connectivity index (χ2n) is 3.64. The van der Waals surface area contributed by atoms with E-state index in [-0.39, 0.29) is 5.82 Å². The van der Waals surface area contributed by atoms with Gasteiger partial charge in [-0.2, -0.15) is 0 Å². The molecule has 0 aromatic heterocycles. The molecule has 0 aliphatic carbocycles. The lowest BCUT2D eigenvalue weighted by Gasteiger charge is -2.15. The predicted octanol–water partition coefficient (Wildman–Crippen LogP) is 1.87. The fraction of sp³-hybridized carbons (Fsp3) is 0.364. The van der Waals surface area contributed by atoms with Gasteiger partial charge >= 0.3 is 0 Å². The van der Waals surface area contributed by atoms with E-state index >= 15 is 0 Å². The molecular weight excluding hydrogens is 193 g/mol. The summed E-state index contributed by atoms with van der Waals surface area (Å²) in [5.74, 6) is 0.271. The quantitative estimate of drug-likeness (QED) is 0.564. The van der Waals surface area contributed by atoms with Crippen LogP contribution in [0.3, 0.4) is 0 Å². The Kier molecular flexibility index (Phi) is 2.85. The third-order valence-corrected chi connectivity index (χ3v) is 2.50. The summed E-state index contributed by atoms with van der Waals surface area (Å²) in [6.07, 6.45) is 2.33. The van der Waals surface area contributed by atoms with Crippen molar-refractivity contribution in [1.29, 1.82) is 0 Å². The molecule has 0 bridgehead atoms. The molecule has 0 radical (unpaired) electrons.